The average molecular weight is 1280 g/mol. The van der Waals surface area contributed by atoms with E-state index in [0.29, 0.717) is 0 Å². The second-order valence-corrected chi connectivity index (χ2v) is 26.0. The second-order valence-electron chi connectivity index (χ2n) is 24.2. The Morgan fingerprint density at radius 2 is 0.591 bits per heavy atom. The average Bonchev–Trinajstić information content (AvgIpc) is 1.53. The maximum absolute atomic E-state index is 3.74. The zero-order valence-corrected chi connectivity index (χ0v) is 54.2. The molecule has 0 aliphatic heterocycles. The fraction of sp³-hybridized carbons (Fsp3) is 0.214. The van der Waals surface area contributed by atoms with Gasteiger partial charge in [0, 0.05) is 37.1 Å². The molecular weight excluding hydrogens is 1200 g/mol. The number of benzene rings is 11. The van der Waals surface area contributed by atoms with Crippen molar-refractivity contribution in [1.82, 2.24) is 0 Å². The summed E-state index contributed by atoms with van der Waals surface area (Å²) >= 11 is 7.48. The molecule has 2 aliphatic carbocycles. The molecule has 0 aromatic heterocycles. The van der Waals surface area contributed by atoms with Crippen molar-refractivity contribution < 1.29 is 0 Å². The Hall–Kier alpha value is -8.02. The van der Waals surface area contributed by atoms with Crippen molar-refractivity contribution >= 4 is 54.6 Å². The Morgan fingerprint density at radius 1 is 0.273 bits per heavy atom. The molecule has 0 unspecified atom stereocenters. The molecular formula is C84H80Br2N2. The van der Waals surface area contributed by atoms with Crippen LogP contribution in [0, 0.1) is 0 Å². The number of halogens is 2. The third kappa shape index (κ3) is 13.1. The first-order valence-corrected chi connectivity index (χ1v) is 33.9. The van der Waals surface area contributed by atoms with Gasteiger partial charge in [-0.05, 0) is 187 Å². The van der Waals surface area contributed by atoms with Crippen LogP contribution in [0.1, 0.15) is 137 Å². The smallest absolute Gasteiger partial charge is 0.0713 e. The van der Waals surface area contributed by atoms with Crippen LogP contribution in [0.2, 0.25) is 0 Å². The number of nitrogens with one attached hydrogen (secondary N) is 2. The molecule has 2 nitrogen and oxygen atoms in total. The van der Waals surface area contributed by atoms with E-state index in [1.807, 2.05) is 12.1 Å². The first-order valence-electron chi connectivity index (χ1n) is 32.3. The highest BCUT2D eigenvalue weighted by atomic mass is 79.9. The summed E-state index contributed by atoms with van der Waals surface area (Å²) in [5.41, 5.74) is 25.5. The number of hydrogen-bond donors (Lipinski definition) is 2. The minimum atomic E-state index is -0.416. The van der Waals surface area contributed by atoms with Gasteiger partial charge < -0.3 is 10.6 Å². The Kier molecular flexibility index (Phi) is 19.5. The lowest BCUT2D eigenvalue weighted by Gasteiger charge is -2.35. The Morgan fingerprint density at radius 3 is 1.00 bits per heavy atom. The molecule has 0 amide bonds. The van der Waals surface area contributed by atoms with Gasteiger partial charge in [-0.15, -0.1) is 0 Å². The second kappa shape index (κ2) is 28.4. The van der Waals surface area contributed by atoms with Crippen LogP contribution in [0.3, 0.4) is 0 Å². The van der Waals surface area contributed by atoms with Crippen LogP contribution in [0.4, 0.5) is 22.7 Å². The van der Waals surface area contributed by atoms with Crippen LogP contribution in [0.25, 0.3) is 55.6 Å². The number of rotatable bonds is 23. The molecule has 0 bridgehead atoms. The quantitative estimate of drug-likeness (QED) is 0.0624. The highest BCUT2D eigenvalue weighted by molar-refractivity contribution is 9.10. The normalized spacial score (nSPS) is 12.9. The van der Waals surface area contributed by atoms with Gasteiger partial charge in [0.15, 0.2) is 0 Å². The highest BCUT2D eigenvalue weighted by Gasteiger charge is 2.49. The first-order chi connectivity index (χ1) is 43.3. The molecule has 2 N–H and O–H groups in total. The van der Waals surface area contributed by atoms with Crippen LogP contribution in [-0.4, -0.2) is 0 Å². The lowest BCUT2D eigenvalue weighted by atomic mass is 9.67. The van der Waals surface area contributed by atoms with E-state index in [-0.39, 0.29) is 5.41 Å². The standard InChI is InChI=1S/C48H52Br2.C36H28N2/c1-3-5-7-9-11-17-31-47(32-18-12-10-8-6-4-2)43-21-15-13-19-39(43)41-34-46-42(33-45(41)47)40-20-14-16-22-44(40)48(46,35-23-27-37(49)28-24-35)36-25-29-38(50)30-26-36;1-3-7-27(8-4-1)29-11-19-33(20-12-29)37-35-23-15-31(16-24-35)32-17-25-36(26-18-32)38-34-21-13-30(14-22-34)28-9-5-2-6-10-28/h13-16,19-30,33-34H,3-12,17-18,31-32H2,1-2H3;1-26,37-38H. The molecule has 88 heavy (non-hydrogen) atoms. The van der Waals surface area contributed by atoms with Gasteiger partial charge in [0.05, 0.1) is 5.41 Å². The van der Waals surface area contributed by atoms with Crippen molar-refractivity contribution in [2.24, 2.45) is 0 Å². The van der Waals surface area contributed by atoms with E-state index in [4.69, 9.17) is 0 Å². The van der Waals surface area contributed by atoms with E-state index in [2.05, 4.69) is 311 Å². The van der Waals surface area contributed by atoms with Gasteiger partial charge >= 0.3 is 0 Å². The summed E-state index contributed by atoms with van der Waals surface area (Å²) in [6.07, 6.45) is 18.5. The van der Waals surface area contributed by atoms with Gasteiger partial charge in [-0.1, -0.05) is 305 Å². The molecule has 2 aliphatic rings. The van der Waals surface area contributed by atoms with Gasteiger partial charge in [-0.2, -0.15) is 0 Å². The van der Waals surface area contributed by atoms with Gasteiger partial charge in [0.2, 0.25) is 0 Å². The summed E-state index contributed by atoms with van der Waals surface area (Å²) in [4.78, 5) is 0. The fourth-order valence-electron chi connectivity index (χ4n) is 14.1. The summed E-state index contributed by atoms with van der Waals surface area (Å²) in [7, 11) is 0. The molecule has 0 heterocycles. The topological polar surface area (TPSA) is 24.1 Å². The first kappa shape index (κ1) is 60.3. The summed E-state index contributed by atoms with van der Waals surface area (Å²) in [6.45, 7) is 4.64. The molecule has 0 radical (unpaired) electrons. The zero-order valence-electron chi connectivity index (χ0n) is 51.1. The molecule has 0 fully saturated rings. The van der Waals surface area contributed by atoms with Gasteiger partial charge in [-0.3, -0.25) is 0 Å². The Bertz CT molecular complexity index is 3840. The highest BCUT2D eigenvalue weighted by Crippen LogP contribution is 2.62. The Balaban J connectivity index is 0.000000178. The predicted octanol–water partition coefficient (Wildman–Crippen LogP) is 25.5. The SMILES string of the molecule is CCCCCCCCC1(CCCCCCCC)c2ccccc2-c2cc3c(cc21)-c1ccccc1C3(c1ccc(Br)cc1)c1ccc(Br)cc1.c1ccc(-c2ccc(Nc3ccc(-c4ccc(Nc5ccc(-c6ccccc6)cc5)cc4)cc3)cc2)cc1. The lowest BCUT2D eigenvalue weighted by molar-refractivity contribution is 0.398. The van der Waals surface area contributed by atoms with Gasteiger partial charge in [0.1, 0.15) is 0 Å². The summed E-state index contributed by atoms with van der Waals surface area (Å²) in [6, 6.07) is 97.3. The maximum Gasteiger partial charge on any atom is 0.0713 e. The lowest BCUT2D eigenvalue weighted by Crippen LogP contribution is -2.29. The van der Waals surface area contributed by atoms with Crippen LogP contribution >= 0.6 is 31.9 Å². The van der Waals surface area contributed by atoms with E-state index in [1.54, 1.807) is 11.1 Å². The molecule has 13 rings (SSSR count). The third-order valence-electron chi connectivity index (χ3n) is 18.6. The van der Waals surface area contributed by atoms with E-state index in [0.717, 1.165) is 31.7 Å². The molecule has 0 saturated heterocycles. The molecule has 440 valence electrons. The predicted molar refractivity (Wildman–Crippen MR) is 384 cm³/mol. The zero-order chi connectivity index (χ0) is 60.1. The molecule has 4 heteroatoms. The molecule has 11 aromatic rings. The van der Waals surface area contributed by atoms with E-state index < -0.39 is 5.41 Å². The Labute approximate surface area is 540 Å². The van der Waals surface area contributed by atoms with Crippen LogP contribution < -0.4 is 10.6 Å². The summed E-state index contributed by atoms with van der Waals surface area (Å²) in [5.74, 6) is 0. The monoisotopic (exact) mass is 1270 g/mol. The third-order valence-corrected chi connectivity index (χ3v) is 19.6. The number of hydrogen-bond acceptors (Lipinski definition) is 2. The minimum Gasteiger partial charge on any atom is -0.356 e. The number of fused-ring (bicyclic) bond motifs is 6. The van der Waals surface area contributed by atoms with Crippen molar-refractivity contribution in [2.45, 2.75) is 115 Å². The van der Waals surface area contributed by atoms with Crippen molar-refractivity contribution in [3.05, 3.63) is 309 Å². The van der Waals surface area contributed by atoms with Crippen LogP contribution in [-0.2, 0) is 10.8 Å². The van der Waals surface area contributed by atoms with Crippen LogP contribution in [0.15, 0.2) is 276 Å². The van der Waals surface area contributed by atoms with Crippen molar-refractivity contribution in [3.63, 3.8) is 0 Å². The number of unbranched alkanes of at least 4 members (excludes halogenated alkanes) is 10. The number of anilines is 4. The molecule has 0 atom stereocenters. The molecule has 0 saturated carbocycles. The molecule has 0 spiro atoms. The van der Waals surface area contributed by atoms with E-state index in [9.17, 15) is 0 Å². The van der Waals surface area contributed by atoms with E-state index in [1.165, 1.54) is 168 Å². The summed E-state index contributed by atoms with van der Waals surface area (Å²) < 4.78 is 2.21. The van der Waals surface area contributed by atoms with E-state index >= 15 is 0 Å². The maximum atomic E-state index is 3.74. The molecule has 11 aromatic carbocycles. The summed E-state index contributed by atoms with van der Waals surface area (Å²) in [5, 5.41) is 7.00. The largest absolute Gasteiger partial charge is 0.356 e. The van der Waals surface area contributed by atoms with Gasteiger partial charge in [0.25, 0.3) is 0 Å². The van der Waals surface area contributed by atoms with Crippen molar-refractivity contribution in [2.75, 3.05) is 10.6 Å². The fourth-order valence-corrected chi connectivity index (χ4v) is 14.6. The van der Waals surface area contributed by atoms with Crippen molar-refractivity contribution in [3.8, 4) is 55.6 Å². The van der Waals surface area contributed by atoms with Crippen LogP contribution in [0.5, 0.6) is 0 Å². The van der Waals surface area contributed by atoms with Gasteiger partial charge in [-0.25, -0.2) is 0 Å². The van der Waals surface area contributed by atoms with Crippen molar-refractivity contribution in [1.29, 1.82) is 0 Å². The minimum absolute atomic E-state index is 0.0614.